The number of rotatable bonds is 4. The Labute approximate surface area is 257 Å². The normalized spacial score (nSPS) is 23.4. The van der Waals surface area contributed by atoms with Crippen molar-refractivity contribution in [2.45, 2.75) is 141 Å². The summed E-state index contributed by atoms with van der Waals surface area (Å²) in [4.78, 5) is 30.1. The minimum absolute atomic E-state index is 0.0442. The van der Waals surface area contributed by atoms with Crippen molar-refractivity contribution in [1.29, 1.82) is 0 Å². The van der Waals surface area contributed by atoms with Crippen LogP contribution < -0.4 is 15.1 Å². The highest BCUT2D eigenvalue weighted by Crippen LogP contribution is 2.40. The van der Waals surface area contributed by atoms with E-state index < -0.39 is 5.60 Å². The van der Waals surface area contributed by atoms with Crippen LogP contribution in [0.25, 0.3) is 11.1 Å². The minimum Gasteiger partial charge on any atom is -0.430 e. The predicted molar refractivity (Wildman–Crippen MR) is 170 cm³/mol. The van der Waals surface area contributed by atoms with Crippen molar-refractivity contribution in [2.24, 2.45) is 0 Å². The van der Waals surface area contributed by atoms with Gasteiger partial charge in [-0.15, -0.1) is 0 Å². The molecule has 43 heavy (non-hydrogen) atoms. The van der Waals surface area contributed by atoms with Crippen LogP contribution >= 0.6 is 0 Å². The van der Waals surface area contributed by atoms with Crippen molar-refractivity contribution >= 4 is 23.4 Å². The van der Waals surface area contributed by atoms with Crippen molar-refractivity contribution in [2.75, 3.05) is 16.3 Å². The molecule has 1 unspecified atom stereocenters. The standard InChI is InChI=1S/C34H51N5O4/c1-25-22-38(32(41)43-31-14-13-19-34(36-31)17-11-9-7-5-6-8-10-12-18-34)30-20-27(15-16-29(30)39(25)26(2)40)28-21-35-37(23-28)24-33(3,4)42/h15-16,20-21,23,25,31,36,42H,5-14,17-19,22,24H2,1-4H3/t25-,31?/m0/s1. The molecule has 2 atom stereocenters. The molecule has 1 spiro atoms. The van der Waals surface area contributed by atoms with Gasteiger partial charge in [-0.05, 0) is 70.6 Å². The smallest absolute Gasteiger partial charge is 0.416 e. The number of amides is 2. The topological polar surface area (TPSA) is 99.9 Å². The zero-order valence-electron chi connectivity index (χ0n) is 26.6. The Morgan fingerprint density at radius 1 is 1.00 bits per heavy atom. The number of hydrogen-bond donors (Lipinski definition) is 2. The van der Waals surface area contributed by atoms with E-state index in [1.807, 2.05) is 31.3 Å². The van der Waals surface area contributed by atoms with Crippen LogP contribution in [-0.2, 0) is 16.1 Å². The van der Waals surface area contributed by atoms with Gasteiger partial charge in [0.1, 0.15) is 0 Å². The number of aliphatic hydroxyl groups is 1. The molecular formula is C34H51N5O4. The number of benzene rings is 1. The van der Waals surface area contributed by atoms with E-state index in [0.29, 0.717) is 24.5 Å². The molecule has 2 fully saturated rings. The van der Waals surface area contributed by atoms with Crippen LogP contribution in [0.1, 0.15) is 111 Å². The Balaban J connectivity index is 1.37. The number of carbonyl (C=O) groups excluding carboxylic acids is 2. The molecule has 0 bridgehead atoms. The lowest BCUT2D eigenvalue weighted by molar-refractivity contribution is -0.117. The van der Waals surface area contributed by atoms with Gasteiger partial charge in [0.05, 0.1) is 35.8 Å². The average molecular weight is 594 g/mol. The summed E-state index contributed by atoms with van der Waals surface area (Å²) in [5, 5.41) is 18.5. The highest BCUT2D eigenvalue weighted by molar-refractivity contribution is 6.03. The molecule has 9 heteroatoms. The van der Waals surface area contributed by atoms with Crippen LogP contribution in [0.2, 0.25) is 0 Å². The maximum absolute atomic E-state index is 13.9. The fraction of sp³-hybridized carbons (Fsp3) is 0.676. The molecule has 2 amide bonds. The molecule has 9 nitrogen and oxygen atoms in total. The van der Waals surface area contributed by atoms with Gasteiger partial charge in [0.25, 0.3) is 0 Å². The Morgan fingerprint density at radius 3 is 2.30 bits per heavy atom. The van der Waals surface area contributed by atoms with E-state index in [9.17, 15) is 14.7 Å². The Kier molecular flexibility index (Phi) is 9.81. The number of ether oxygens (including phenoxy) is 1. The van der Waals surface area contributed by atoms with Gasteiger partial charge in [-0.1, -0.05) is 57.4 Å². The van der Waals surface area contributed by atoms with Gasteiger partial charge < -0.3 is 14.7 Å². The van der Waals surface area contributed by atoms with Gasteiger partial charge in [-0.25, -0.2) is 4.79 Å². The monoisotopic (exact) mass is 593 g/mol. The Hall–Kier alpha value is -2.91. The molecule has 2 aromatic rings. The predicted octanol–water partition coefficient (Wildman–Crippen LogP) is 6.77. The van der Waals surface area contributed by atoms with Crippen LogP contribution in [0.15, 0.2) is 30.6 Å². The van der Waals surface area contributed by atoms with E-state index >= 15 is 0 Å². The molecule has 1 saturated heterocycles. The van der Waals surface area contributed by atoms with Crippen molar-refractivity contribution < 1.29 is 19.4 Å². The van der Waals surface area contributed by atoms with Crippen LogP contribution in [-0.4, -0.2) is 56.8 Å². The summed E-state index contributed by atoms with van der Waals surface area (Å²) < 4.78 is 7.96. The van der Waals surface area contributed by atoms with Crippen molar-refractivity contribution in [3.05, 3.63) is 30.6 Å². The fourth-order valence-corrected chi connectivity index (χ4v) is 7.35. The number of anilines is 2. The molecule has 2 aliphatic heterocycles. The van der Waals surface area contributed by atoms with Gasteiger partial charge in [-0.3, -0.25) is 19.7 Å². The number of nitrogens with zero attached hydrogens (tertiary/aromatic N) is 4. The van der Waals surface area contributed by atoms with Crippen LogP contribution in [0, 0.1) is 0 Å². The highest BCUT2D eigenvalue weighted by Gasteiger charge is 2.39. The molecule has 236 valence electrons. The first-order valence-electron chi connectivity index (χ1n) is 16.5. The third-order valence-electron chi connectivity index (χ3n) is 9.38. The second-order valence-corrected chi connectivity index (χ2v) is 13.8. The van der Waals surface area contributed by atoms with Gasteiger partial charge in [0, 0.05) is 30.8 Å². The van der Waals surface area contributed by atoms with Crippen LogP contribution in [0.5, 0.6) is 0 Å². The summed E-state index contributed by atoms with van der Waals surface area (Å²) in [6.07, 6.45) is 18.6. The lowest BCUT2D eigenvalue weighted by Crippen LogP contribution is -2.57. The number of piperidine rings is 1. The van der Waals surface area contributed by atoms with E-state index in [4.69, 9.17) is 4.74 Å². The molecule has 3 heterocycles. The molecular weight excluding hydrogens is 542 g/mol. The maximum atomic E-state index is 13.9. The zero-order chi connectivity index (χ0) is 30.6. The molecule has 1 aliphatic carbocycles. The quantitative estimate of drug-likeness (QED) is 0.406. The van der Waals surface area contributed by atoms with Crippen molar-refractivity contribution in [3.63, 3.8) is 0 Å². The lowest BCUT2D eigenvalue weighted by atomic mass is 9.79. The second-order valence-electron chi connectivity index (χ2n) is 13.8. The summed E-state index contributed by atoms with van der Waals surface area (Å²) in [6, 6.07) is 5.62. The third kappa shape index (κ3) is 7.79. The second kappa shape index (κ2) is 13.4. The van der Waals surface area contributed by atoms with E-state index in [0.717, 1.165) is 43.2 Å². The van der Waals surface area contributed by atoms with Gasteiger partial charge in [0.2, 0.25) is 5.91 Å². The van der Waals surface area contributed by atoms with Crippen LogP contribution in [0.4, 0.5) is 16.2 Å². The van der Waals surface area contributed by atoms with Gasteiger partial charge in [0.15, 0.2) is 6.23 Å². The van der Waals surface area contributed by atoms with Crippen LogP contribution in [0.3, 0.4) is 0 Å². The Bertz CT molecular complexity index is 1260. The third-order valence-corrected chi connectivity index (χ3v) is 9.38. The van der Waals surface area contributed by atoms with Gasteiger partial charge in [-0.2, -0.15) is 5.10 Å². The fourth-order valence-electron chi connectivity index (χ4n) is 7.35. The molecule has 5 rings (SSSR count). The number of carbonyl (C=O) groups is 2. The maximum Gasteiger partial charge on any atom is 0.416 e. The average Bonchev–Trinajstić information content (AvgIpc) is 3.38. The molecule has 3 aliphatic rings. The first kappa shape index (κ1) is 31.5. The largest absolute Gasteiger partial charge is 0.430 e. The summed E-state index contributed by atoms with van der Waals surface area (Å²) >= 11 is 0. The summed E-state index contributed by atoms with van der Waals surface area (Å²) in [5.74, 6) is -0.0600. The minimum atomic E-state index is -0.892. The van der Waals surface area contributed by atoms with E-state index in [1.54, 1.807) is 41.4 Å². The lowest BCUT2D eigenvalue weighted by Gasteiger charge is -2.44. The van der Waals surface area contributed by atoms with Crippen molar-refractivity contribution in [1.82, 2.24) is 15.1 Å². The number of hydrogen-bond acceptors (Lipinski definition) is 6. The Morgan fingerprint density at radius 2 is 1.65 bits per heavy atom. The van der Waals surface area contributed by atoms with E-state index in [2.05, 4.69) is 10.4 Å². The molecule has 1 aromatic carbocycles. The number of nitrogens with one attached hydrogen (secondary N) is 1. The summed E-state index contributed by atoms with van der Waals surface area (Å²) in [7, 11) is 0. The van der Waals surface area contributed by atoms with Gasteiger partial charge >= 0.3 is 6.09 Å². The molecule has 2 N–H and O–H groups in total. The first-order valence-corrected chi connectivity index (χ1v) is 16.5. The first-order chi connectivity index (χ1) is 20.5. The van der Waals surface area contributed by atoms with Crippen molar-refractivity contribution in [3.8, 4) is 11.1 Å². The number of fused-ring (bicyclic) bond motifs is 1. The summed E-state index contributed by atoms with van der Waals surface area (Å²) in [5.41, 5.74) is 2.26. The molecule has 0 radical (unpaired) electrons. The zero-order valence-corrected chi connectivity index (χ0v) is 26.6. The molecule has 1 aromatic heterocycles. The van der Waals surface area contributed by atoms with E-state index in [-0.39, 0.29) is 29.8 Å². The SMILES string of the molecule is CC(=O)N1c2ccc(-c3cnn(CC(C)(C)O)c3)cc2N(C(=O)OC2CCCC3(CCCCCCCCCC3)N2)C[C@@H]1C. The van der Waals surface area contributed by atoms with E-state index in [1.165, 1.54) is 51.4 Å². The highest BCUT2D eigenvalue weighted by atomic mass is 16.6. The number of aromatic nitrogens is 2. The molecule has 1 saturated carbocycles. The summed E-state index contributed by atoms with van der Waals surface area (Å²) in [6.45, 7) is 7.74.